The molecule has 1 aromatic heterocycles. The Bertz CT molecular complexity index is 548. The van der Waals surface area contributed by atoms with Gasteiger partial charge in [-0.2, -0.15) is 0 Å². The number of aromatic hydroxyl groups is 1. The number of benzene rings is 1. The molecule has 0 fully saturated rings. The lowest BCUT2D eigenvalue weighted by molar-refractivity contribution is 0.102. The van der Waals surface area contributed by atoms with Crippen molar-refractivity contribution < 1.29 is 14.4 Å². The van der Waals surface area contributed by atoms with Crippen LogP contribution in [0.1, 0.15) is 21.8 Å². The van der Waals surface area contributed by atoms with Gasteiger partial charge >= 0.3 is 0 Å². The molecule has 0 aliphatic rings. The van der Waals surface area contributed by atoms with Gasteiger partial charge in [0.1, 0.15) is 11.5 Å². The molecule has 1 heterocycles. The molecule has 5 heteroatoms. The van der Waals surface area contributed by atoms with Crippen molar-refractivity contribution in [1.29, 1.82) is 0 Å². The van der Waals surface area contributed by atoms with E-state index in [2.05, 4.69) is 5.16 Å². The molecule has 0 unspecified atom stereocenters. The molecule has 16 heavy (non-hydrogen) atoms. The highest BCUT2D eigenvalue weighted by Gasteiger charge is 2.17. The van der Waals surface area contributed by atoms with E-state index in [1.807, 2.05) is 0 Å². The Morgan fingerprint density at radius 1 is 1.44 bits per heavy atom. The maximum absolute atomic E-state index is 11.9. The number of hydrogen-bond donors (Lipinski definition) is 1. The zero-order chi connectivity index (χ0) is 11.7. The fourth-order valence-electron chi connectivity index (χ4n) is 1.30. The number of ketones is 1. The van der Waals surface area contributed by atoms with Gasteiger partial charge in [-0.05, 0) is 25.1 Å². The summed E-state index contributed by atoms with van der Waals surface area (Å²) in [5.41, 5.74) is 0.260. The lowest BCUT2D eigenvalue weighted by Crippen LogP contribution is -2.01. The molecule has 82 valence electrons. The smallest absolute Gasteiger partial charge is 0.218 e. The van der Waals surface area contributed by atoms with Crippen molar-refractivity contribution in [2.75, 3.05) is 0 Å². The van der Waals surface area contributed by atoms with Gasteiger partial charge in [-0.3, -0.25) is 4.79 Å². The van der Waals surface area contributed by atoms with Crippen LogP contribution in [-0.4, -0.2) is 16.0 Å². The second kappa shape index (κ2) is 3.98. The molecule has 2 rings (SSSR count). The molecule has 0 saturated carbocycles. The average Bonchev–Trinajstić information content (AvgIpc) is 2.67. The maximum Gasteiger partial charge on any atom is 0.218 e. The Hall–Kier alpha value is -1.81. The lowest BCUT2D eigenvalue weighted by atomic mass is 10.1. The number of nitrogens with zero attached hydrogens (tertiary/aromatic N) is 1. The molecule has 0 aliphatic heterocycles. The van der Waals surface area contributed by atoms with Gasteiger partial charge in [0.2, 0.25) is 5.78 Å². The molecule has 0 aliphatic carbocycles. The van der Waals surface area contributed by atoms with Gasteiger partial charge < -0.3 is 9.63 Å². The highest BCUT2D eigenvalue weighted by atomic mass is 35.5. The third-order valence-electron chi connectivity index (χ3n) is 2.06. The van der Waals surface area contributed by atoms with Crippen molar-refractivity contribution in [3.8, 4) is 5.75 Å². The summed E-state index contributed by atoms with van der Waals surface area (Å²) >= 11 is 5.75. The predicted octanol–water partition coefficient (Wildman–Crippen LogP) is 2.57. The minimum atomic E-state index is -0.420. The van der Waals surface area contributed by atoms with Gasteiger partial charge in [-0.15, -0.1) is 0 Å². The van der Waals surface area contributed by atoms with Crippen LogP contribution in [0.5, 0.6) is 5.75 Å². The molecular weight excluding hydrogens is 230 g/mol. The minimum absolute atomic E-state index is 0.112. The first kappa shape index (κ1) is 10.7. The van der Waals surface area contributed by atoms with Gasteiger partial charge in [0.05, 0.1) is 5.56 Å². The number of hydrogen-bond acceptors (Lipinski definition) is 4. The van der Waals surface area contributed by atoms with Crippen LogP contribution in [-0.2, 0) is 0 Å². The Morgan fingerprint density at radius 3 is 2.81 bits per heavy atom. The third-order valence-corrected chi connectivity index (χ3v) is 2.30. The van der Waals surface area contributed by atoms with E-state index in [9.17, 15) is 9.90 Å². The Morgan fingerprint density at radius 2 is 2.19 bits per heavy atom. The summed E-state index contributed by atoms with van der Waals surface area (Å²) in [4.78, 5) is 11.9. The molecule has 0 amide bonds. The van der Waals surface area contributed by atoms with Crippen LogP contribution in [0.25, 0.3) is 0 Å². The summed E-state index contributed by atoms with van der Waals surface area (Å²) < 4.78 is 4.79. The van der Waals surface area contributed by atoms with E-state index >= 15 is 0 Å². The van der Waals surface area contributed by atoms with Gasteiger partial charge in [0.15, 0.2) is 5.69 Å². The average molecular weight is 238 g/mol. The summed E-state index contributed by atoms with van der Waals surface area (Å²) in [5, 5.41) is 13.5. The molecule has 0 radical (unpaired) electrons. The standard InChI is InChI=1S/C11H8ClNO3/c1-6-4-9(13-16-6)11(15)8-5-7(12)2-3-10(8)14/h2-5,14H,1H3. The fraction of sp³-hybridized carbons (Fsp3) is 0.0909. The third kappa shape index (κ3) is 1.92. The number of aryl methyl sites for hydroxylation is 1. The van der Waals surface area contributed by atoms with Crippen molar-refractivity contribution in [3.63, 3.8) is 0 Å². The van der Waals surface area contributed by atoms with Gasteiger partial charge in [-0.1, -0.05) is 16.8 Å². The maximum atomic E-state index is 11.9. The van der Waals surface area contributed by atoms with Gasteiger partial charge in [0.25, 0.3) is 0 Å². The fourth-order valence-corrected chi connectivity index (χ4v) is 1.47. The van der Waals surface area contributed by atoms with E-state index in [0.29, 0.717) is 10.8 Å². The summed E-state index contributed by atoms with van der Waals surface area (Å²) in [5.74, 6) is -0.0169. The number of phenols is 1. The monoisotopic (exact) mass is 237 g/mol. The largest absolute Gasteiger partial charge is 0.507 e. The molecule has 1 aromatic carbocycles. The summed E-state index contributed by atoms with van der Waals surface area (Å²) in [6, 6.07) is 5.76. The molecule has 0 atom stereocenters. The minimum Gasteiger partial charge on any atom is -0.507 e. The quantitative estimate of drug-likeness (QED) is 0.816. The number of carbonyl (C=O) groups excluding carboxylic acids is 1. The van der Waals surface area contributed by atoms with E-state index in [0.717, 1.165) is 0 Å². The van der Waals surface area contributed by atoms with E-state index < -0.39 is 5.78 Å². The topological polar surface area (TPSA) is 63.3 Å². The zero-order valence-electron chi connectivity index (χ0n) is 8.40. The van der Waals surface area contributed by atoms with E-state index in [1.165, 1.54) is 24.3 Å². The number of phenolic OH excluding ortho intramolecular Hbond substituents is 1. The number of carbonyl (C=O) groups is 1. The summed E-state index contributed by atoms with van der Waals surface area (Å²) in [7, 11) is 0. The second-order valence-corrected chi connectivity index (χ2v) is 3.75. The van der Waals surface area contributed by atoms with Crippen molar-refractivity contribution in [1.82, 2.24) is 5.16 Å². The number of aromatic nitrogens is 1. The zero-order valence-corrected chi connectivity index (χ0v) is 9.15. The molecular formula is C11H8ClNO3. The van der Waals surface area contributed by atoms with Crippen LogP contribution in [0.15, 0.2) is 28.8 Å². The van der Waals surface area contributed by atoms with E-state index in [1.54, 1.807) is 6.92 Å². The Balaban J connectivity index is 2.45. The van der Waals surface area contributed by atoms with Gasteiger partial charge in [-0.25, -0.2) is 0 Å². The highest BCUT2D eigenvalue weighted by Crippen LogP contribution is 2.24. The van der Waals surface area contributed by atoms with Crippen LogP contribution in [0, 0.1) is 6.92 Å². The number of halogens is 1. The van der Waals surface area contributed by atoms with E-state index in [4.69, 9.17) is 16.1 Å². The molecule has 0 saturated heterocycles. The van der Waals surface area contributed by atoms with Crippen LogP contribution in [0.4, 0.5) is 0 Å². The summed E-state index contributed by atoms with van der Waals surface area (Å²) in [6.45, 7) is 1.68. The number of rotatable bonds is 2. The van der Waals surface area contributed by atoms with Crippen LogP contribution < -0.4 is 0 Å². The first-order valence-electron chi connectivity index (χ1n) is 4.54. The molecule has 1 N–H and O–H groups in total. The van der Waals surface area contributed by atoms with Gasteiger partial charge in [0, 0.05) is 11.1 Å². The second-order valence-electron chi connectivity index (χ2n) is 3.31. The Labute approximate surface area is 96.4 Å². The van der Waals surface area contributed by atoms with Crippen LogP contribution >= 0.6 is 11.6 Å². The van der Waals surface area contributed by atoms with Crippen molar-refractivity contribution in [2.45, 2.75) is 6.92 Å². The molecule has 0 spiro atoms. The molecule has 0 bridgehead atoms. The van der Waals surface area contributed by atoms with Crippen molar-refractivity contribution in [2.24, 2.45) is 0 Å². The van der Waals surface area contributed by atoms with Crippen LogP contribution in [0.2, 0.25) is 5.02 Å². The SMILES string of the molecule is Cc1cc(C(=O)c2cc(Cl)ccc2O)no1. The lowest BCUT2D eigenvalue weighted by Gasteiger charge is -2.01. The van der Waals surface area contributed by atoms with Crippen molar-refractivity contribution in [3.05, 3.63) is 46.3 Å². The first-order chi connectivity index (χ1) is 7.58. The molecule has 2 aromatic rings. The predicted molar refractivity (Wildman–Crippen MR) is 57.8 cm³/mol. The van der Waals surface area contributed by atoms with E-state index in [-0.39, 0.29) is 17.0 Å². The molecule has 4 nitrogen and oxygen atoms in total. The van der Waals surface area contributed by atoms with Crippen LogP contribution in [0.3, 0.4) is 0 Å². The van der Waals surface area contributed by atoms with Crippen molar-refractivity contribution >= 4 is 17.4 Å². The summed E-state index contributed by atoms with van der Waals surface area (Å²) in [6.07, 6.45) is 0. The highest BCUT2D eigenvalue weighted by molar-refractivity contribution is 6.31. The normalized spacial score (nSPS) is 10.4. The first-order valence-corrected chi connectivity index (χ1v) is 4.92. The Kier molecular flexibility index (Phi) is 2.66.